The highest BCUT2D eigenvalue weighted by molar-refractivity contribution is 5.73. The first-order valence-electron chi connectivity index (χ1n) is 19.9. The number of aliphatic hydroxyl groups excluding tert-OH is 3. The van der Waals surface area contributed by atoms with Gasteiger partial charge in [0, 0.05) is 44.5 Å². The van der Waals surface area contributed by atoms with Crippen LogP contribution in [0.1, 0.15) is 94.9 Å². The maximum atomic E-state index is 14.4. The first-order valence-corrected chi connectivity index (χ1v) is 19.9. The molecule has 0 aromatic carbocycles. The van der Waals surface area contributed by atoms with Crippen molar-refractivity contribution >= 4 is 5.97 Å². The van der Waals surface area contributed by atoms with E-state index in [1.807, 2.05) is 27.7 Å². The van der Waals surface area contributed by atoms with Crippen LogP contribution in [0.4, 0.5) is 0 Å². The first-order chi connectivity index (χ1) is 24.8. The van der Waals surface area contributed by atoms with Gasteiger partial charge in [0.25, 0.3) is 0 Å². The molecule has 2 bridgehead atoms. The van der Waals surface area contributed by atoms with Gasteiger partial charge in [0.2, 0.25) is 0 Å². The summed E-state index contributed by atoms with van der Waals surface area (Å²) in [4.78, 5) is 16.6. The Hall–Kier alpha value is -1.01. The van der Waals surface area contributed by atoms with Gasteiger partial charge in [-0.05, 0) is 66.7 Å². The SMILES string of the molecule is CC[C@@H](O)[C@@](C)(O)[C@@H]1OC(=O)[C@H](C)[C@@H](O[C@H]2C[C@@](C)(OC)[C@@H](O)[C@H](C)O2)[C@H](C)[C@@H](O[C@@H]2O[C@H](C)C[C@H](N3CCOCC3)[C@H]2O)[C@@]2(C)CC(C)C(O2)[C@@H]1C. The Morgan fingerprint density at radius 1 is 1.00 bits per heavy atom. The molecule has 5 fully saturated rings. The molecule has 5 saturated heterocycles. The number of hydrogen-bond acceptors (Lipinski definition) is 14. The van der Waals surface area contributed by atoms with Gasteiger partial charge >= 0.3 is 5.97 Å². The molecule has 19 atom stereocenters. The molecule has 0 amide bonds. The second-order valence-electron chi connectivity index (χ2n) is 17.4. The summed E-state index contributed by atoms with van der Waals surface area (Å²) in [5, 5.41) is 45.7. The summed E-state index contributed by atoms with van der Waals surface area (Å²) in [6.45, 7) is 21.0. The number of nitrogens with zero attached hydrogens (tertiary/aromatic N) is 1. The number of esters is 1. The van der Waals surface area contributed by atoms with Gasteiger partial charge in [0.05, 0.1) is 67.0 Å². The van der Waals surface area contributed by atoms with Crippen LogP contribution in [0, 0.1) is 23.7 Å². The molecule has 5 heterocycles. The van der Waals surface area contributed by atoms with Crippen LogP contribution in [0.25, 0.3) is 0 Å². The van der Waals surface area contributed by atoms with E-state index in [9.17, 15) is 25.2 Å². The second kappa shape index (κ2) is 16.8. The van der Waals surface area contributed by atoms with E-state index in [2.05, 4.69) is 11.8 Å². The lowest BCUT2D eigenvalue weighted by atomic mass is 9.76. The number of morpholine rings is 1. The lowest BCUT2D eigenvalue weighted by Crippen LogP contribution is -2.61. The highest BCUT2D eigenvalue weighted by Gasteiger charge is 2.59. The zero-order chi connectivity index (χ0) is 39.2. The number of rotatable bonds is 9. The minimum absolute atomic E-state index is 0.0658. The van der Waals surface area contributed by atoms with Gasteiger partial charge in [0.15, 0.2) is 12.6 Å². The molecule has 0 radical (unpaired) electrons. The van der Waals surface area contributed by atoms with Crippen molar-refractivity contribution in [2.75, 3.05) is 33.4 Å². The zero-order valence-corrected chi connectivity index (χ0v) is 33.8. The normalized spacial score (nSPS) is 49.4. The molecule has 308 valence electrons. The number of hydrogen-bond donors (Lipinski definition) is 4. The molecule has 0 spiro atoms. The highest BCUT2D eigenvalue weighted by atomic mass is 16.7. The molecule has 0 saturated carbocycles. The summed E-state index contributed by atoms with van der Waals surface area (Å²) >= 11 is 0. The van der Waals surface area contributed by atoms with Gasteiger partial charge in [-0.1, -0.05) is 27.7 Å². The van der Waals surface area contributed by atoms with E-state index < -0.39 is 102 Å². The Labute approximate surface area is 316 Å². The van der Waals surface area contributed by atoms with E-state index >= 15 is 0 Å². The minimum atomic E-state index is -1.79. The van der Waals surface area contributed by atoms with Crippen LogP contribution in [0.5, 0.6) is 0 Å². The average molecular weight is 760 g/mol. The summed E-state index contributed by atoms with van der Waals surface area (Å²) < 4.78 is 51.1. The van der Waals surface area contributed by atoms with E-state index in [4.69, 9.17) is 37.9 Å². The molecular formula is C39H69NO13. The molecule has 4 N–H and O–H groups in total. The predicted octanol–water partition coefficient (Wildman–Crippen LogP) is 2.39. The summed E-state index contributed by atoms with van der Waals surface area (Å²) in [7, 11) is 1.53. The Morgan fingerprint density at radius 3 is 2.28 bits per heavy atom. The molecule has 2 unspecified atom stereocenters. The third-order valence-corrected chi connectivity index (χ3v) is 13.2. The van der Waals surface area contributed by atoms with Gasteiger partial charge < -0.3 is 58.3 Å². The highest BCUT2D eigenvalue weighted by Crippen LogP contribution is 2.48. The first kappa shape index (κ1) is 43.1. The van der Waals surface area contributed by atoms with Crippen LogP contribution in [0.15, 0.2) is 0 Å². The van der Waals surface area contributed by atoms with E-state index in [0.717, 1.165) is 0 Å². The van der Waals surface area contributed by atoms with Crippen molar-refractivity contribution in [2.24, 2.45) is 23.7 Å². The van der Waals surface area contributed by atoms with E-state index in [1.54, 1.807) is 27.7 Å². The van der Waals surface area contributed by atoms with Gasteiger partial charge in [-0.25, -0.2) is 0 Å². The van der Waals surface area contributed by atoms with Crippen molar-refractivity contribution in [3.8, 4) is 0 Å². The quantitative estimate of drug-likeness (QED) is 0.252. The van der Waals surface area contributed by atoms with Crippen LogP contribution in [-0.2, 0) is 42.7 Å². The third kappa shape index (κ3) is 8.64. The van der Waals surface area contributed by atoms with Crippen molar-refractivity contribution in [1.29, 1.82) is 0 Å². The van der Waals surface area contributed by atoms with Gasteiger partial charge in [-0.2, -0.15) is 0 Å². The molecule has 14 heteroatoms. The number of carbonyl (C=O) groups excluding carboxylic acids is 1. The minimum Gasteiger partial charge on any atom is -0.459 e. The van der Waals surface area contributed by atoms with Crippen molar-refractivity contribution in [2.45, 2.75) is 185 Å². The number of aliphatic hydroxyl groups is 4. The summed E-state index contributed by atoms with van der Waals surface area (Å²) in [6, 6.07) is -0.209. The van der Waals surface area contributed by atoms with Crippen LogP contribution in [0.3, 0.4) is 0 Å². The molecule has 5 aliphatic heterocycles. The molecule has 53 heavy (non-hydrogen) atoms. The molecule has 0 aliphatic carbocycles. The fraction of sp³-hybridized carbons (Fsp3) is 0.974. The van der Waals surface area contributed by atoms with Crippen molar-refractivity contribution in [3.05, 3.63) is 0 Å². The predicted molar refractivity (Wildman–Crippen MR) is 193 cm³/mol. The lowest BCUT2D eigenvalue weighted by molar-refractivity contribution is -0.319. The Bertz CT molecular complexity index is 1220. The summed E-state index contributed by atoms with van der Waals surface area (Å²) in [5.74, 6) is -2.71. The monoisotopic (exact) mass is 759 g/mol. The Kier molecular flexibility index (Phi) is 13.7. The lowest BCUT2D eigenvalue weighted by Gasteiger charge is -2.49. The number of methoxy groups -OCH3 is 1. The smallest absolute Gasteiger partial charge is 0.311 e. The van der Waals surface area contributed by atoms with Crippen LogP contribution < -0.4 is 0 Å². The number of cyclic esters (lactones) is 1. The molecule has 14 nitrogen and oxygen atoms in total. The van der Waals surface area contributed by atoms with Crippen molar-refractivity contribution in [3.63, 3.8) is 0 Å². The Balaban J connectivity index is 1.57. The third-order valence-electron chi connectivity index (χ3n) is 13.2. The van der Waals surface area contributed by atoms with Gasteiger partial charge in [0.1, 0.15) is 23.9 Å². The maximum absolute atomic E-state index is 14.4. The van der Waals surface area contributed by atoms with Crippen LogP contribution in [0.2, 0.25) is 0 Å². The largest absolute Gasteiger partial charge is 0.459 e. The van der Waals surface area contributed by atoms with Gasteiger partial charge in [-0.15, -0.1) is 0 Å². The number of carbonyl (C=O) groups is 1. The maximum Gasteiger partial charge on any atom is 0.311 e. The molecule has 5 rings (SSSR count). The molecular weight excluding hydrogens is 690 g/mol. The van der Waals surface area contributed by atoms with Crippen LogP contribution >= 0.6 is 0 Å². The summed E-state index contributed by atoms with van der Waals surface area (Å²) in [6.07, 6.45) is -7.46. The van der Waals surface area contributed by atoms with Crippen molar-refractivity contribution in [1.82, 2.24) is 4.90 Å². The zero-order valence-electron chi connectivity index (χ0n) is 33.8. The molecule has 0 aromatic heterocycles. The van der Waals surface area contributed by atoms with E-state index in [0.29, 0.717) is 39.1 Å². The Morgan fingerprint density at radius 2 is 1.66 bits per heavy atom. The molecule has 5 aliphatic rings. The van der Waals surface area contributed by atoms with Crippen LogP contribution in [-0.4, -0.2) is 155 Å². The van der Waals surface area contributed by atoms with Gasteiger partial charge in [-0.3, -0.25) is 9.69 Å². The number of ether oxygens (including phenoxy) is 8. The van der Waals surface area contributed by atoms with E-state index in [1.165, 1.54) is 14.0 Å². The standard InChI is InChI=1S/C39H69NO13/c1-12-27(41)39(10,45)34-22(4)30-20(2)18-38(9,53-30)33(52-36-29(42)26(17-21(3)48-36)40-13-15-47-16-14-40)23(5)31(24(6)35(44)51-34)50-28-19-37(8,46-11)32(43)25(7)49-28/h20-34,36,41-43,45H,12-19H2,1-11H3/t20?,21-,22+,23+,24-,25+,26+,27-,28+,29-,30?,31+,32+,33-,34-,36+,37-,38-,39-/m1/s1. The fourth-order valence-electron chi connectivity index (χ4n) is 9.96. The topological polar surface area (TPSA) is 175 Å². The molecule has 0 aromatic rings. The number of fused-ring (bicyclic) bond motifs is 2. The summed E-state index contributed by atoms with van der Waals surface area (Å²) in [5.41, 5.74) is -3.74. The fourth-order valence-corrected chi connectivity index (χ4v) is 9.96. The average Bonchev–Trinajstić information content (AvgIpc) is 3.44. The van der Waals surface area contributed by atoms with Crippen molar-refractivity contribution < 1.29 is 63.1 Å². The van der Waals surface area contributed by atoms with E-state index in [-0.39, 0.29) is 30.9 Å². The second-order valence-corrected chi connectivity index (χ2v) is 17.4.